The standard InChI is InChI=1S/C12H13N3O3/c1-6-3-9-8(4-13-6)5-18-12(9,17)10-7(2)14-15-11(10)16/h3-4,17H,5H2,1-2H3,(H2,14,15,16). The maximum atomic E-state index is 11.8. The third-order valence-corrected chi connectivity index (χ3v) is 3.23. The molecule has 1 unspecified atom stereocenters. The lowest BCUT2D eigenvalue weighted by atomic mass is 9.97. The Bertz CT molecular complexity index is 673. The summed E-state index contributed by atoms with van der Waals surface area (Å²) in [5.74, 6) is -1.69. The average Bonchev–Trinajstić information content (AvgIpc) is 2.82. The van der Waals surface area contributed by atoms with Crippen molar-refractivity contribution in [3.05, 3.63) is 50.7 Å². The molecule has 0 saturated carbocycles. The molecule has 3 N–H and O–H groups in total. The fourth-order valence-corrected chi connectivity index (χ4v) is 2.34. The molecule has 1 aliphatic rings. The van der Waals surface area contributed by atoms with Crippen molar-refractivity contribution in [2.45, 2.75) is 26.2 Å². The fraction of sp³-hybridized carbons (Fsp3) is 0.333. The van der Waals surface area contributed by atoms with E-state index in [0.717, 1.165) is 11.3 Å². The summed E-state index contributed by atoms with van der Waals surface area (Å²) in [6, 6.07) is 1.74. The summed E-state index contributed by atoms with van der Waals surface area (Å²) < 4.78 is 5.45. The Morgan fingerprint density at radius 1 is 1.44 bits per heavy atom. The highest BCUT2D eigenvalue weighted by Crippen LogP contribution is 2.39. The number of H-pyrrole nitrogens is 2. The largest absolute Gasteiger partial charge is 0.358 e. The zero-order valence-electron chi connectivity index (χ0n) is 10.1. The van der Waals surface area contributed by atoms with Gasteiger partial charge in [0.1, 0.15) is 5.56 Å². The topological polar surface area (TPSA) is 91.0 Å². The van der Waals surface area contributed by atoms with Crippen molar-refractivity contribution >= 4 is 0 Å². The van der Waals surface area contributed by atoms with E-state index in [9.17, 15) is 9.90 Å². The summed E-state index contributed by atoms with van der Waals surface area (Å²) in [7, 11) is 0. The number of nitrogens with one attached hydrogen (secondary N) is 2. The first-order valence-corrected chi connectivity index (χ1v) is 5.62. The van der Waals surface area contributed by atoms with Gasteiger partial charge in [0.15, 0.2) is 0 Å². The first-order chi connectivity index (χ1) is 8.52. The molecule has 0 fully saturated rings. The maximum absolute atomic E-state index is 11.8. The number of aryl methyl sites for hydroxylation is 2. The minimum Gasteiger partial charge on any atom is -0.358 e. The van der Waals surface area contributed by atoms with Crippen molar-refractivity contribution in [3.63, 3.8) is 0 Å². The van der Waals surface area contributed by atoms with Gasteiger partial charge in [-0.2, -0.15) is 0 Å². The monoisotopic (exact) mass is 247 g/mol. The van der Waals surface area contributed by atoms with E-state index in [4.69, 9.17) is 4.74 Å². The highest BCUT2D eigenvalue weighted by molar-refractivity contribution is 5.41. The van der Waals surface area contributed by atoms with E-state index in [2.05, 4.69) is 15.2 Å². The second kappa shape index (κ2) is 3.54. The molecular formula is C12H13N3O3. The van der Waals surface area contributed by atoms with Gasteiger partial charge in [0.2, 0.25) is 5.79 Å². The third kappa shape index (κ3) is 1.36. The fourth-order valence-electron chi connectivity index (χ4n) is 2.34. The molecule has 0 aliphatic carbocycles. The van der Waals surface area contributed by atoms with Crippen LogP contribution >= 0.6 is 0 Å². The van der Waals surface area contributed by atoms with E-state index in [1.165, 1.54) is 0 Å². The number of fused-ring (bicyclic) bond motifs is 1. The second-order valence-corrected chi connectivity index (χ2v) is 4.49. The molecule has 1 atom stereocenters. The number of rotatable bonds is 1. The van der Waals surface area contributed by atoms with Gasteiger partial charge in [0.25, 0.3) is 5.56 Å². The van der Waals surface area contributed by atoms with Gasteiger partial charge in [-0.15, -0.1) is 0 Å². The third-order valence-electron chi connectivity index (χ3n) is 3.23. The van der Waals surface area contributed by atoms with Crippen LogP contribution in [0.25, 0.3) is 0 Å². The molecule has 0 aromatic carbocycles. The molecule has 0 bridgehead atoms. The van der Waals surface area contributed by atoms with Gasteiger partial charge in [-0.3, -0.25) is 14.9 Å². The summed E-state index contributed by atoms with van der Waals surface area (Å²) >= 11 is 0. The van der Waals surface area contributed by atoms with Crippen LogP contribution in [0.4, 0.5) is 0 Å². The van der Waals surface area contributed by atoms with Crippen LogP contribution in [0.3, 0.4) is 0 Å². The Balaban J connectivity index is 2.26. The Hall–Kier alpha value is -1.92. The molecule has 6 nitrogen and oxygen atoms in total. The predicted molar refractivity (Wildman–Crippen MR) is 62.9 cm³/mol. The van der Waals surface area contributed by atoms with Crippen molar-refractivity contribution in [2.24, 2.45) is 0 Å². The number of hydrogen-bond acceptors (Lipinski definition) is 4. The average molecular weight is 247 g/mol. The van der Waals surface area contributed by atoms with Crippen LogP contribution < -0.4 is 5.56 Å². The Morgan fingerprint density at radius 3 is 2.89 bits per heavy atom. The van der Waals surface area contributed by atoms with Crippen molar-refractivity contribution in [1.82, 2.24) is 15.2 Å². The Morgan fingerprint density at radius 2 is 2.22 bits per heavy atom. The number of aromatic amines is 2. The van der Waals surface area contributed by atoms with Crippen molar-refractivity contribution in [2.75, 3.05) is 0 Å². The molecule has 6 heteroatoms. The summed E-state index contributed by atoms with van der Waals surface area (Å²) in [6.07, 6.45) is 1.67. The van der Waals surface area contributed by atoms with E-state index >= 15 is 0 Å². The van der Waals surface area contributed by atoms with Crippen LogP contribution in [0.2, 0.25) is 0 Å². The van der Waals surface area contributed by atoms with E-state index in [-0.39, 0.29) is 17.7 Å². The summed E-state index contributed by atoms with van der Waals surface area (Å²) in [4.78, 5) is 15.9. The molecule has 3 rings (SSSR count). The number of hydrogen-bond donors (Lipinski definition) is 3. The van der Waals surface area contributed by atoms with E-state index in [0.29, 0.717) is 11.3 Å². The number of aliphatic hydroxyl groups is 1. The minimum atomic E-state index is -1.69. The van der Waals surface area contributed by atoms with Gasteiger partial charge >= 0.3 is 0 Å². The smallest absolute Gasteiger partial charge is 0.273 e. The molecule has 0 radical (unpaired) electrons. The van der Waals surface area contributed by atoms with Crippen molar-refractivity contribution < 1.29 is 9.84 Å². The minimum absolute atomic E-state index is 0.201. The molecule has 0 amide bonds. The lowest BCUT2D eigenvalue weighted by Gasteiger charge is -2.22. The highest BCUT2D eigenvalue weighted by atomic mass is 16.6. The first-order valence-electron chi connectivity index (χ1n) is 5.62. The number of pyridine rings is 1. The molecule has 94 valence electrons. The summed E-state index contributed by atoms with van der Waals surface area (Å²) in [5.41, 5.74) is 2.53. The van der Waals surface area contributed by atoms with Crippen LogP contribution in [-0.4, -0.2) is 20.3 Å². The summed E-state index contributed by atoms with van der Waals surface area (Å²) in [6.45, 7) is 3.77. The molecule has 0 saturated heterocycles. The lowest BCUT2D eigenvalue weighted by Crippen LogP contribution is -2.32. The normalized spacial score (nSPS) is 22.2. The number of aromatic nitrogens is 3. The van der Waals surface area contributed by atoms with Crippen LogP contribution in [0.15, 0.2) is 17.1 Å². The molecule has 18 heavy (non-hydrogen) atoms. The van der Waals surface area contributed by atoms with Crippen LogP contribution in [0.1, 0.15) is 28.1 Å². The Labute approximate surface area is 103 Å². The maximum Gasteiger partial charge on any atom is 0.273 e. The van der Waals surface area contributed by atoms with Gasteiger partial charge in [0.05, 0.1) is 6.61 Å². The van der Waals surface area contributed by atoms with Crippen molar-refractivity contribution in [1.29, 1.82) is 0 Å². The zero-order chi connectivity index (χ0) is 12.9. The molecular weight excluding hydrogens is 234 g/mol. The lowest BCUT2D eigenvalue weighted by molar-refractivity contribution is -0.171. The van der Waals surface area contributed by atoms with Gasteiger partial charge in [-0.25, -0.2) is 0 Å². The van der Waals surface area contributed by atoms with E-state index in [1.807, 2.05) is 6.92 Å². The van der Waals surface area contributed by atoms with Gasteiger partial charge in [-0.1, -0.05) is 0 Å². The molecule has 1 aliphatic heterocycles. The first kappa shape index (κ1) is 11.2. The summed E-state index contributed by atoms with van der Waals surface area (Å²) in [5, 5.41) is 15.8. The van der Waals surface area contributed by atoms with Gasteiger partial charge in [0, 0.05) is 28.7 Å². The Kier molecular flexibility index (Phi) is 2.20. The predicted octanol–water partition coefficient (Wildman–Crippen LogP) is 0.438. The van der Waals surface area contributed by atoms with Crippen LogP contribution in [-0.2, 0) is 17.1 Å². The second-order valence-electron chi connectivity index (χ2n) is 4.49. The molecule has 0 spiro atoms. The highest BCUT2D eigenvalue weighted by Gasteiger charge is 2.44. The van der Waals surface area contributed by atoms with Crippen LogP contribution in [0.5, 0.6) is 0 Å². The van der Waals surface area contributed by atoms with Crippen molar-refractivity contribution in [3.8, 4) is 0 Å². The van der Waals surface area contributed by atoms with Crippen LogP contribution in [0, 0.1) is 13.8 Å². The van der Waals surface area contributed by atoms with E-state index in [1.54, 1.807) is 19.2 Å². The van der Waals surface area contributed by atoms with E-state index < -0.39 is 5.79 Å². The van der Waals surface area contributed by atoms with Gasteiger partial charge < -0.3 is 14.9 Å². The van der Waals surface area contributed by atoms with Gasteiger partial charge in [-0.05, 0) is 19.9 Å². The molecule has 3 heterocycles. The number of ether oxygens (including phenoxy) is 1. The molecule has 2 aromatic rings. The quantitative estimate of drug-likeness (QED) is 0.682. The zero-order valence-corrected chi connectivity index (χ0v) is 10.1. The number of nitrogens with zero attached hydrogens (tertiary/aromatic N) is 1. The SMILES string of the molecule is Cc1cc2c(cn1)COC2(O)c1c(C)[nH][nH]c1=O. The molecule has 2 aromatic heterocycles.